The summed E-state index contributed by atoms with van der Waals surface area (Å²) in [7, 11) is 1.62. The number of nitrogens with zero attached hydrogens (tertiary/aromatic N) is 1. The number of anilines is 1. The zero-order valence-electron chi connectivity index (χ0n) is 6.70. The number of methoxy groups -OCH3 is 1. The fraction of sp³-hybridized carbons (Fsp3) is 0.571. The van der Waals surface area contributed by atoms with Gasteiger partial charge < -0.3 is 15.0 Å². The van der Waals surface area contributed by atoms with Gasteiger partial charge in [0.25, 0.3) is 0 Å². The molecule has 0 fully saturated rings. The first-order valence-electron chi connectivity index (χ1n) is 3.52. The van der Waals surface area contributed by atoms with Gasteiger partial charge in [-0.05, 0) is 6.42 Å². The molecule has 1 rings (SSSR count). The molecule has 0 bridgehead atoms. The highest BCUT2D eigenvalue weighted by molar-refractivity contribution is 5.39. The molecule has 4 heteroatoms. The molecule has 1 heterocycles. The highest BCUT2D eigenvalue weighted by Gasteiger charge is 2.15. The van der Waals surface area contributed by atoms with Crippen LogP contribution in [0.25, 0.3) is 0 Å². The van der Waals surface area contributed by atoms with Gasteiger partial charge in [-0.25, -0.2) is 0 Å². The summed E-state index contributed by atoms with van der Waals surface area (Å²) in [6, 6.07) is 0. The standard InChI is InChI=1S/C7H12N2O2/c1-3-6(10-2)7-5(8)4-9-11-7/h4,6H,3,8H2,1-2H3. The molecule has 0 aromatic carbocycles. The maximum Gasteiger partial charge on any atom is 0.188 e. The fourth-order valence-electron chi connectivity index (χ4n) is 0.960. The van der Waals surface area contributed by atoms with Crippen LogP contribution in [-0.2, 0) is 4.74 Å². The Kier molecular flexibility index (Phi) is 2.48. The lowest BCUT2D eigenvalue weighted by Gasteiger charge is -2.08. The molecule has 0 amide bonds. The predicted molar refractivity (Wildman–Crippen MR) is 41.0 cm³/mol. The molecule has 0 saturated heterocycles. The molecular formula is C7H12N2O2. The van der Waals surface area contributed by atoms with Gasteiger partial charge >= 0.3 is 0 Å². The topological polar surface area (TPSA) is 61.3 Å². The van der Waals surface area contributed by atoms with Gasteiger partial charge in [-0.2, -0.15) is 0 Å². The minimum atomic E-state index is -0.0718. The molecule has 2 N–H and O–H groups in total. The van der Waals surface area contributed by atoms with Crippen LogP contribution in [0.5, 0.6) is 0 Å². The lowest BCUT2D eigenvalue weighted by molar-refractivity contribution is 0.0758. The molecule has 62 valence electrons. The van der Waals surface area contributed by atoms with Crippen LogP contribution >= 0.6 is 0 Å². The zero-order valence-corrected chi connectivity index (χ0v) is 6.70. The van der Waals surface area contributed by atoms with E-state index >= 15 is 0 Å². The quantitative estimate of drug-likeness (QED) is 0.717. The van der Waals surface area contributed by atoms with E-state index in [0.717, 1.165) is 6.42 Å². The van der Waals surface area contributed by atoms with Crippen molar-refractivity contribution in [2.45, 2.75) is 19.4 Å². The summed E-state index contributed by atoms with van der Waals surface area (Å²) in [5, 5.41) is 3.56. The third-order valence-corrected chi connectivity index (χ3v) is 1.58. The van der Waals surface area contributed by atoms with Gasteiger partial charge in [0.15, 0.2) is 5.76 Å². The van der Waals surface area contributed by atoms with Crippen molar-refractivity contribution in [3.05, 3.63) is 12.0 Å². The molecule has 0 spiro atoms. The van der Waals surface area contributed by atoms with Crippen molar-refractivity contribution in [1.29, 1.82) is 0 Å². The summed E-state index contributed by atoms with van der Waals surface area (Å²) in [6.45, 7) is 2.00. The average molecular weight is 156 g/mol. The molecule has 1 atom stereocenters. The SMILES string of the molecule is CCC(OC)c1oncc1N. The molecular weight excluding hydrogens is 144 g/mol. The smallest absolute Gasteiger partial charge is 0.188 e. The lowest BCUT2D eigenvalue weighted by Crippen LogP contribution is -2.00. The van der Waals surface area contributed by atoms with Crippen LogP contribution in [-0.4, -0.2) is 12.3 Å². The summed E-state index contributed by atoms with van der Waals surface area (Å²) in [4.78, 5) is 0. The van der Waals surface area contributed by atoms with E-state index in [-0.39, 0.29) is 6.10 Å². The third-order valence-electron chi connectivity index (χ3n) is 1.58. The minimum absolute atomic E-state index is 0.0718. The van der Waals surface area contributed by atoms with E-state index in [9.17, 15) is 0 Å². The number of aromatic nitrogens is 1. The van der Waals surface area contributed by atoms with Gasteiger partial charge in [0.2, 0.25) is 0 Å². The fourth-order valence-corrected chi connectivity index (χ4v) is 0.960. The van der Waals surface area contributed by atoms with Crippen LogP contribution < -0.4 is 5.73 Å². The number of rotatable bonds is 3. The largest absolute Gasteiger partial charge is 0.394 e. The van der Waals surface area contributed by atoms with Crippen LogP contribution in [0.15, 0.2) is 10.7 Å². The molecule has 0 aliphatic rings. The van der Waals surface area contributed by atoms with E-state index in [1.165, 1.54) is 6.20 Å². The van der Waals surface area contributed by atoms with Crippen LogP contribution in [0.2, 0.25) is 0 Å². The van der Waals surface area contributed by atoms with E-state index in [2.05, 4.69) is 5.16 Å². The van der Waals surface area contributed by atoms with E-state index in [1.807, 2.05) is 6.92 Å². The van der Waals surface area contributed by atoms with Gasteiger partial charge in [0.1, 0.15) is 6.10 Å². The van der Waals surface area contributed by atoms with Crippen molar-refractivity contribution < 1.29 is 9.26 Å². The first kappa shape index (κ1) is 8.07. The summed E-state index contributed by atoms with van der Waals surface area (Å²) >= 11 is 0. The molecule has 0 saturated carbocycles. The van der Waals surface area contributed by atoms with Crippen LogP contribution in [0, 0.1) is 0 Å². The second-order valence-electron chi connectivity index (χ2n) is 2.28. The molecule has 11 heavy (non-hydrogen) atoms. The number of hydrogen-bond acceptors (Lipinski definition) is 4. The lowest BCUT2D eigenvalue weighted by atomic mass is 10.2. The first-order chi connectivity index (χ1) is 5.29. The van der Waals surface area contributed by atoms with Gasteiger partial charge in [-0.1, -0.05) is 12.1 Å². The van der Waals surface area contributed by atoms with E-state index in [1.54, 1.807) is 7.11 Å². The molecule has 1 aromatic heterocycles. The van der Waals surface area contributed by atoms with Crippen molar-refractivity contribution in [3.8, 4) is 0 Å². The van der Waals surface area contributed by atoms with Gasteiger partial charge in [-0.3, -0.25) is 0 Å². The highest BCUT2D eigenvalue weighted by Crippen LogP contribution is 2.24. The molecule has 4 nitrogen and oxygen atoms in total. The second kappa shape index (κ2) is 3.39. The van der Waals surface area contributed by atoms with Crippen molar-refractivity contribution in [3.63, 3.8) is 0 Å². The molecule has 1 aromatic rings. The number of ether oxygens (including phenoxy) is 1. The molecule has 0 aliphatic heterocycles. The van der Waals surface area contributed by atoms with Crippen LogP contribution in [0.1, 0.15) is 25.2 Å². The average Bonchev–Trinajstić information content (AvgIpc) is 2.40. The highest BCUT2D eigenvalue weighted by atomic mass is 16.5. The van der Waals surface area contributed by atoms with Gasteiger partial charge in [0, 0.05) is 7.11 Å². The predicted octanol–water partition coefficient (Wildman–Crippen LogP) is 1.35. The van der Waals surface area contributed by atoms with Crippen LogP contribution in [0.4, 0.5) is 5.69 Å². The van der Waals surface area contributed by atoms with E-state index in [4.69, 9.17) is 15.0 Å². The van der Waals surface area contributed by atoms with Crippen molar-refractivity contribution in [2.24, 2.45) is 0 Å². The Morgan fingerprint density at radius 1 is 1.82 bits per heavy atom. The number of nitrogen functional groups attached to an aromatic ring is 1. The first-order valence-corrected chi connectivity index (χ1v) is 3.52. The summed E-state index contributed by atoms with van der Waals surface area (Å²) in [5.74, 6) is 0.620. The normalized spacial score (nSPS) is 13.3. The minimum Gasteiger partial charge on any atom is -0.394 e. The monoisotopic (exact) mass is 156 g/mol. The Labute approximate surface area is 65.3 Å². The van der Waals surface area contributed by atoms with Gasteiger partial charge in [-0.15, -0.1) is 0 Å². The van der Waals surface area contributed by atoms with E-state index in [0.29, 0.717) is 11.4 Å². The number of nitrogens with two attached hydrogens (primary N) is 1. The third kappa shape index (κ3) is 1.51. The molecule has 0 radical (unpaired) electrons. The van der Waals surface area contributed by atoms with Crippen LogP contribution in [0.3, 0.4) is 0 Å². The summed E-state index contributed by atoms with van der Waals surface area (Å²) < 4.78 is 10.0. The Bertz CT molecular complexity index is 218. The Hall–Kier alpha value is -1.03. The Morgan fingerprint density at radius 2 is 2.55 bits per heavy atom. The zero-order chi connectivity index (χ0) is 8.27. The van der Waals surface area contributed by atoms with Crippen molar-refractivity contribution in [1.82, 2.24) is 5.16 Å². The summed E-state index contributed by atoms with van der Waals surface area (Å²) in [5.41, 5.74) is 6.11. The molecule has 1 unspecified atom stereocenters. The van der Waals surface area contributed by atoms with Crippen molar-refractivity contribution >= 4 is 5.69 Å². The molecule has 0 aliphatic carbocycles. The number of hydrogen-bond donors (Lipinski definition) is 1. The van der Waals surface area contributed by atoms with E-state index < -0.39 is 0 Å². The van der Waals surface area contributed by atoms with Crippen molar-refractivity contribution in [2.75, 3.05) is 12.8 Å². The maximum absolute atomic E-state index is 5.56. The van der Waals surface area contributed by atoms with Gasteiger partial charge in [0.05, 0.1) is 11.9 Å². The maximum atomic E-state index is 5.56. The second-order valence-corrected chi connectivity index (χ2v) is 2.28. The Morgan fingerprint density at radius 3 is 2.91 bits per heavy atom. The Balaban J connectivity index is 2.81. The summed E-state index contributed by atoms with van der Waals surface area (Å²) in [6.07, 6.45) is 2.24.